The first kappa shape index (κ1) is 10.5. The van der Waals surface area contributed by atoms with E-state index in [-0.39, 0.29) is 0 Å². The Hall–Kier alpha value is -1.97. The van der Waals surface area contributed by atoms with Gasteiger partial charge in [0.25, 0.3) is 0 Å². The second-order valence-electron chi connectivity index (χ2n) is 3.53. The van der Waals surface area contributed by atoms with Gasteiger partial charge in [0.1, 0.15) is 6.67 Å². The molecule has 2 rings (SSSR count). The fourth-order valence-corrected chi connectivity index (χ4v) is 1.58. The lowest BCUT2D eigenvalue weighted by Crippen LogP contribution is -1.96. The van der Waals surface area contributed by atoms with Gasteiger partial charge >= 0.3 is 0 Å². The molecule has 82 valence electrons. The van der Waals surface area contributed by atoms with Crippen LogP contribution in [0.15, 0.2) is 35.6 Å². The van der Waals surface area contributed by atoms with E-state index in [1.165, 1.54) is 0 Å². The van der Waals surface area contributed by atoms with E-state index in [1.54, 1.807) is 31.3 Å². The summed E-state index contributed by atoms with van der Waals surface area (Å²) in [6, 6.07) is 7.10. The Morgan fingerprint density at radius 1 is 1.50 bits per heavy atom. The van der Waals surface area contributed by atoms with Crippen molar-refractivity contribution >= 4 is 16.6 Å². The predicted octanol–water partition coefficient (Wildman–Crippen LogP) is 2.90. The van der Waals surface area contributed by atoms with E-state index in [9.17, 15) is 4.39 Å². The number of halogens is 1. The minimum Gasteiger partial charge on any atom is -0.411 e. The topological polar surface area (TPSA) is 45.5 Å². The summed E-state index contributed by atoms with van der Waals surface area (Å²) in [4.78, 5) is 4.20. The van der Waals surface area contributed by atoms with Crippen LogP contribution in [0.3, 0.4) is 0 Å². The van der Waals surface area contributed by atoms with Gasteiger partial charge in [0.05, 0.1) is 11.2 Å². The Kier molecular flexibility index (Phi) is 2.81. The van der Waals surface area contributed by atoms with Gasteiger partial charge in [-0.15, -0.1) is 0 Å². The molecule has 1 aromatic heterocycles. The van der Waals surface area contributed by atoms with Crippen molar-refractivity contribution in [1.29, 1.82) is 0 Å². The molecule has 0 aliphatic heterocycles. The lowest BCUT2D eigenvalue weighted by atomic mass is 10.1. The van der Waals surface area contributed by atoms with Crippen molar-refractivity contribution in [3.05, 3.63) is 41.6 Å². The number of pyridine rings is 1. The van der Waals surface area contributed by atoms with Crippen molar-refractivity contribution in [2.75, 3.05) is 0 Å². The predicted molar refractivity (Wildman–Crippen MR) is 60.6 cm³/mol. The molecule has 0 spiro atoms. The minimum atomic E-state index is -0.530. The average molecular weight is 218 g/mol. The van der Waals surface area contributed by atoms with Gasteiger partial charge in [-0.3, -0.25) is 4.98 Å². The quantitative estimate of drug-likeness (QED) is 0.478. The Balaban J connectivity index is 2.68. The van der Waals surface area contributed by atoms with E-state index in [0.29, 0.717) is 16.8 Å². The zero-order valence-electron chi connectivity index (χ0n) is 8.81. The van der Waals surface area contributed by atoms with E-state index in [0.717, 1.165) is 10.9 Å². The average Bonchev–Trinajstić information content (AvgIpc) is 2.36. The highest BCUT2D eigenvalue weighted by Crippen LogP contribution is 2.19. The first-order valence-corrected chi connectivity index (χ1v) is 4.89. The van der Waals surface area contributed by atoms with Gasteiger partial charge in [-0.05, 0) is 24.6 Å². The number of nitrogens with zero attached hydrogens (tertiary/aromatic N) is 2. The summed E-state index contributed by atoms with van der Waals surface area (Å²) in [7, 11) is 0. The van der Waals surface area contributed by atoms with Crippen molar-refractivity contribution in [2.24, 2.45) is 5.16 Å². The molecular weight excluding hydrogens is 207 g/mol. The molecule has 4 heteroatoms. The monoisotopic (exact) mass is 218 g/mol. The summed E-state index contributed by atoms with van der Waals surface area (Å²) < 4.78 is 12.8. The van der Waals surface area contributed by atoms with Crippen molar-refractivity contribution < 1.29 is 9.60 Å². The summed E-state index contributed by atoms with van der Waals surface area (Å²) in [5, 5.41) is 12.5. The molecule has 0 aliphatic carbocycles. The van der Waals surface area contributed by atoms with Crippen LogP contribution in [-0.2, 0) is 6.67 Å². The summed E-state index contributed by atoms with van der Waals surface area (Å²) in [5.74, 6) is 0. The Morgan fingerprint density at radius 3 is 3.00 bits per heavy atom. The van der Waals surface area contributed by atoms with E-state index in [1.807, 2.05) is 6.07 Å². The van der Waals surface area contributed by atoms with Gasteiger partial charge in [-0.2, -0.15) is 0 Å². The SMILES string of the molecule is C/C(=N\O)c1cnc2cccc(CF)c2c1. The number of rotatable bonds is 2. The molecule has 2 aromatic rings. The number of oxime groups is 1. The number of hydrogen-bond donors (Lipinski definition) is 1. The molecule has 1 N–H and O–H groups in total. The summed E-state index contributed by atoms with van der Waals surface area (Å²) in [6.45, 7) is 1.14. The molecule has 16 heavy (non-hydrogen) atoms. The van der Waals surface area contributed by atoms with Crippen molar-refractivity contribution in [2.45, 2.75) is 13.6 Å². The number of benzene rings is 1. The molecule has 0 fully saturated rings. The smallest absolute Gasteiger partial charge is 0.115 e. The van der Waals surface area contributed by atoms with Gasteiger partial charge in [-0.25, -0.2) is 4.39 Å². The highest BCUT2D eigenvalue weighted by atomic mass is 19.1. The summed E-state index contributed by atoms with van der Waals surface area (Å²) in [6.07, 6.45) is 1.61. The molecule has 1 heterocycles. The molecule has 0 saturated carbocycles. The third kappa shape index (κ3) is 1.74. The van der Waals surface area contributed by atoms with Crippen molar-refractivity contribution in [3.8, 4) is 0 Å². The summed E-state index contributed by atoms with van der Waals surface area (Å²) in [5.41, 5.74) is 2.49. The highest BCUT2D eigenvalue weighted by Gasteiger charge is 2.05. The van der Waals surface area contributed by atoms with Crippen LogP contribution >= 0.6 is 0 Å². The van der Waals surface area contributed by atoms with E-state index >= 15 is 0 Å². The molecule has 0 atom stereocenters. The Labute approximate surface area is 92.2 Å². The van der Waals surface area contributed by atoms with Gasteiger partial charge in [0.15, 0.2) is 0 Å². The van der Waals surface area contributed by atoms with Gasteiger partial charge in [-0.1, -0.05) is 17.3 Å². The van der Waals surface area contributed by atoms with Crippen LogP contribution in [0.25, 0.3) is 10.9 Å². The maximum atomic E-state index is 12.8. The second-order valence-corrected chi connectivity index (χ2v) is 3.53. The summed E-state index contributed by atoms with van der Waals surface area (Å²) >= 11 is 0. The van der Waals surface area contributed by atoms with Crippen LogP contribution in [0.2, 0.25) is 0 Å². The van der Waals surface area contributed by atoms with Crippen LogP contribution in [0.5, 0.6) is 0 Å². The van der Waals surface area contributed by atoms with E-state index in [4.69, 9.17) is 5.21 Å². The van der Waals surface area contributed by atoms with Gasteiger partial charge in [0, 0.05) is 17.1 Å². The molecule has 0 unspecified atom stereocenters. The standard InChI is InChI=1S/C12H11FN2O/c1-8(15-16)10-5-11-9(6-13)3-2-4-12(11)14-7-10/h2-5,7,16H,6H2,1H3/b15-8+. The third-order valence-corrected chi connectivity index (χ3v) is 2.53. The van der Waals surface area contributed by atoms with E-state index < -0.39 is 6.67 Å². The molecular formula is C12H11FN2O. The number of alkyl halides is 1. The number of aromatic nitrogens is 1. The molecule has 0 radical (unpaired) electrons. The molecule has 0 amide bonds. The Morgan fingerprint density at radius 2 is 2.31 bits per heavy atom. The lowest BCUT2D eigenvalue weighted by Gasteiger charge is -2.04. The van der Waals surface area contributed by atoms with Crippen LogP contribution in [0.1, 0.15) is 18.1 Å². The van der Waals surface area contributed by atoms with Crippen molar-refractivity contribution in [1.82, 2.24) is 4.98 Å². The van der Waals surface area contributed by atoms with Crippen LogP contribution in [-0.4, -0.2) is 15.9 Å². The van der Waals surface area contributed by atoms with Crippen LogP contribution in [0.4, 0.5) is 4.39 Å². The van der Waals surface area contributed by atoms with E-state index in [2.05, 4.69) is 10.1 Å². The Bertz CT molecular complexity index is 552. The van der Waals surface area contributed by atoms with Gasteiger partial charge < -0.3 is 5.21 Å². The third-order valence-electron chi connectivity index (χ3n) is 2.53. The second kappa shape index (κ2) is 4.26. The molecule has 0 bridgehead atoms. The molecule has 0 saturated heterocycles. The maximum Gasteiger partial charge on any atom is 0.115 e. The normalized spacial score (nSPS) is 12.0. The maximum absolute atomic E-state index is 12.8. The molecule has 1 aromatic carbocycles. The molecule has 3 nitrogen and oxygen atoms in total. The van der Waals surface area contributed by atoms with Crippen molar-refractivity contribution in [3.63, 3.8) is 0 Å². The van der Waals surface area contributed by atoms with Crippen LogP contribution in [0, 0.1) is 0 Å². The molecule has 0 aliphatic rings. The number of hydrogen-bond acceptors (Lipinski definition) is 3. The fraction of sp³-hybridized carbons (Fsp3) is 0.167. The first-order valence-electron chi connectivity index (χ1n) is 4.89. The lowest BCUT2D eigenvalue weighted by molar-refractivity contribution is 0.319. The highest BCUT2D eigenvalue weighted by molar-refractivity contribution is 6.01. The first-order chi connectivity index (χ1) is 7.76. The minimum absolute atomic E-state index is 0.461. The van der Waals surface area contributed by atoms with Crippen LogP contribution < -0.4 is 0 Å². The fourth-order valence-electron chi connectivity index (χ4n) is 1.58. The zero-order chi connectivity index (χ0) is 11.5. The largest absolute Gasteiger partial charge is 0.411 e. The van der Waals surface area contributed by atoms with Gasteiger partial charge in [0.2, 0.25) is 0 Å². The zero-order valence-corrected chi connectivity index (χ0v) is 8.81. The number of fused-ring (bicyclic) bond motifs is 1.